The Morgan fingerprint density at radius 3 is 2.40 bits per heavy atom. The number of allylic oxidation sites excluding steroid dienone is 4. The van der Waals surface area contributed by atoms with Crippen LogP contribution in [0.4, 0.5) is 4.79 Å². The van der Waals surface area contributed by atoms with Gasteiger partial charge < -0.3 is 35.7 Å². The molecule has 0 aromatic carbocycles. The quantitative estimate of drug-likeness (QED) is 0.280. The third kappa shape index (κ3) is 8.50. The number of rotatable bonds is 5. The summed E-state index contributed by atoms with van der Waals surface area (Å²) in [4.78, 5) is 51.5. The second-order valence-electron chi connectivity index (χ2n) is 11.3. The second kappa shape index (κ2) is 14.6. The number of aliphatic hydroxyl groups excluding tert-OH is 1. The van der Waals surface area contributed by atoms with E-state index in [1.807, 2.05) is 13.8 Å². The molecule has 2 amide bonds. The summed E-state index contributed by atoms with van der Waals surface area (Å²) in [5, 5.41) is 17.0. The highest BCUT2D eigenvalue weighted by Gasteiger charge is 2.35. The second-order valence-corrected chi connectivity index (χ2v) is 11.3. The summed E-state index contributed by atoms with van der Waals surface area (Å²) < 4.78 is 16.6. The molecule has 6 atom stereocenters. The van der Waals surface area contributed by atoms with Gasteiger partial charge in [-0.2, -0.15) is 0 Å². The zero-order valence-corrected chi connectivity index (χ0v) is 25.1. The molecule has 1 aliphatic heterocycles. The van der Waals surface area contributed by atoms with Crippen molar-refractivity contribution in [3.63, 3.8) is 0 Å². The van der Waals surface area contributed by atoms with Crippen LogP contribution < -0.4 is 16.4 Å². The van der Waals surface area contributed by atoms with Crippen molar-refractivity contribution in [1.82, 2.24) is 10.6 Å². The highest BCUT2D eigenvalue weighted by molar-refractivity contribution is 6.23. The molecule has 0 spiro atoms. The Labute approximate surface area is 246 Å². The van der Waals surface area contributed by atoms with Crippen LogP contribution in [0.2, 0.25) is 0 Å². The standard InChI is InChI=1S/C31H43N3O8/c1-16-12-21-26(33-20-10-11-20)23(35)15-22(28(21)37)34-30(38)17(2)8-7-9-24(40-5)29(42-31(32)39)19(4)14-18(3)27(36)25(13-16)41-6/h7-9,14-16,18,20,24-25,27,29,33,36H,10-13H2,1-6H3,(H2,32,39)(H,34,38)/b9-7-,17-8+,19-14+/t16-,18+,24-,25+,27-,29+/m1/s1. The first-order valence-electron chi connectivity index (χ1n) is 14.2. The number of Topliss-reactive ketones (excluding diaryl/α,β-unsaturated/α-hetero) is 1. The maximum absolute atomic E-state index is 13.6. The van der Waals surface area contributed by atoms with Crippen LogP contribution in [0.15, 0.2) is 58.5 Å². The van der Waals surface area contributed by atoms with E-state index in [4.69, 9.17) is 19.9 Å². The van der Waals surface area contributed by atoms with E-state index >= 15 is 0 Å². The van der Waals surface area contributed by atoms with Crippen LogP contribution in [0, 0.1) is 11.8 Å². The van der Waals surface area contributed by atoms with Crippen molar-refractivity contribution in [2.75, 3.05) is 14.2 Å². The lowest BCUT2D eigenvalue weighted by molar-refractivity contribution is -0.120. The molecule has 5 N–H and O–H groups in total. The van der Waals surface area contributed by atoms with Crippen LogP contribution in [0.25, 0.3) is 0 Å². The number of carbonyl (C=O) groups excluding carboxylic acids is 4. The summed E-state index contributed by atoms with van der Waals surface area (Å²) >= 11 is 0. The highest BCUT2D eigenvalue weighted by Crippen LogP contribution is 2.30. The van der Waals surface area contributed by atoms with E-state index in [2.05, 4.69) is 10.6 Å². The van der Waals surface area contributed by atoms with Gasteiger partial charge in [-0.3, -0.25) is 14.4 Å². The van der Waals surface area contributed by atoms with Crippen LogP contribution in [0.1, 0.15) is 53.4 Å². The molecule has 2 bridgehead atoms. The largest absolute Gasteiger partial charge is 0.439 e. The molecule has 11 heteroatoms. The molecule has 0 aromatic heterocycles. The first-order chi connectivity index (χ1) is 19.9. The maximum atomic E-state index is 13.6. The van der Waals surface area contributed by atoms with Crippen LogP contribution in [-0.2, 0) is 28.6 Å². The highest BCUT2D eigenvalue weighted by atomic mass is 16.6. The smallest absolute Gasteiger partial charge is 0.405 e. The van der Waals surface area contributed by atoms with Gasteiger partial charge in [0.15, 0.2) is 6.10 Å². The lowest BCUT2D eigenvalue weighted by atomic mass is 9.85. The van der Waals surface area contributed by atoms with Gasteiger partial charge in [0.25, 0.3) is 5.91 Å². The molecule has 42 heavy (non-hydrogen) atoms. The van der Waals surface area contributed by atoms with Crippen molar-refractivity contribution in [2.24, 2.45) is 17.6 Å². The molecule has 0 radical (unpaired) electrons. The number of hydrogen-bond acceptors (Lipinski definition) is 9. The molecule has 3 aliphatic rings. The number of ketones is 2. The van der Waals surface area contributed by atoms with Crippen molar-refractivity contribution in [3.05, 3.63) is 58.5 Å². The van der Waals surface area contributed by atoms with Gasteiger partial charge in [0, 0.05) is 43.4 Å². The number of aliphatic hydroxyl groups is 1. The van der Waals surface area contributed by atoms with E-state index in [1.165, 1.54) is 20.3 Å². The van der Waals surface area contributed by atoms with Gasteiger partial charge in [-0.05, 0) is 51.0 Å². The summed E-state index contributed by atoms with van der Waals surface area (Å²) in [6, 6.07) is 0.140. The molecule has 0 unspecified atom stereocenters. The van der Waals surface area contributed by atoms with E-state index in [1.54, 1.807) is 32.1 Å². The zero-order valence-electron chi connectivity index (χ0n) is 25.1. The monoisotopic (exact) mass is 585 g/mol. The average Bonchev–Trinajstić information content (AvgIpc) is 3.76. The number of nitrogens with two attached hydrogens (primary N) is 1. The molecular weight excluding hydrogens is 542 g/mol. The van der Waals surface area contributed by atoms with Crippen molar-refractivity contribution in [2.45, 2.75) is 83.8 Å². The predicted octanol–water partition coefficient (Wildman–Crippen LogP) is 2.51. The number of fused-ring (bicyclic) bond motifs is 2. The summed E-state index contributed by atoms with van der Waals surface area (Å²) in [6.07, 6.45) is 5.85. The molecule has 230 valence electrons. The van der Waals surface area contributed by atoms with Crippen LogP contribution in [-0.4, -0.2) is 73.4 Å². The Balaban J connectivity index is 2.05. The summed E-state index contributed by atoms with van der Waals surface area (Å²) in [6.45, 7) is 7.04. The van der Waals surface area contributed by atoms with Gasteiger partial charge >= 0.3 is 6.09 Å². The van der Waals surface area contributed by atoms with Gasteiger partial charge in [0.1, 0.15) is 6.10 Å². The van der Waals surface area contributed by atoms with E-state index in [0.717, 1.165) is 18.9 Å². The Morgan fingerprint density at radius 2 is 1.81 bits per heavy atom. The number of ether oxygens (including phenoxy) is 3. The first kappa shape index (κ1) is 33.0. The number of primary amides is 1. The van der Waals surface area contributed by atoms with Crippen LogP contribution in [0.5, 0.6) is 0 Å². The fourth-order valence-electron chi connectivity index (χ4n) is 5.17. The van der Waals surface area contributed by atoms with E-state index in [0.29, 0.717) is 17.6 Å². The molecule has 0 aromatic rings. The number of carbonyl (C=O) groups is 4. The third-order valence-electron chi connectivity index (χ3n) is 7.72. The number of hydrogen-bond donors (Lipinski definition) is 4. The van der Waals surface area contributed by atoms with Crippen LogP contribution in [0.3, 0.4) is 0 Å². The van der Waals surface area contributed by atoms with Gasteiger partial charge in [0.05, 0.1) is 23.6 Å². The van der Waals surface area contributed by atoms with Gasteiger partial charge in [-0.1, -0.05) is 38.2 Å². The number of nitrogens with one attached hydrogen (secondary N) is 2. The Bertz CT molecular complexity index is 1230. The lowest BCUT2D eigenvalue weighted by Crippen LogP contribution is -2.38. The van der Waals surface area contributed by atoms with Gasteiger partial charge in [0.2, 0.25) is 11.6 Å². The fourth-order valence-corrected chi connectivity index (χ4v) is 5.17. The fraction of sp³-hybridized carbons (Fsp3) is 0.548. The Morgan fingerprint density at radius 1 is 1.12 bits per heavy atom. The maximum Gasteiger partial charge on any atom is 0.405 e. The Kier molecular flexibility index (Phi) is 11.4. The molecule has 1 heterocycles. The molecule has 1 fully saturated rings. The van der Waals surface area contributed by atoms with Crippen molar-refractivity contribution < 1.29 is 38.5 Å². The number of methoxy groups -OCH3 is 2. The molecule has 3 rings (SSSR count). The minimum atomic E-state index is -0.993. The average molecular weight is 586 g/mol. The zero-order chi connectivity index (χ0) is 31.1. The van der Waals surface area contributed by atoms with E-state index < -0.39 is 48.1 Å². The van der Waals surface area contributed by atoms with Crippen molar-refractivity contribution in [1.29, 1.82) is 0 Å². The SMILES string of the molecule is CO[C@H]1C[C@H](C)CC2=C(NC3CC3)C(=O)C=C(NC(=O)/C(C)=C/C=C\[C@@H](OC)[C@@H](OC(N)=O)/C(C)=C/[C@H](C)[C@H]1O)C2=O. The van der Waals surface area contributed by atoms with Crippen molar-refractivity contribution >= 4 is 23.6 Å². The normalized spacial score (nSPS) is 33.5. The molecule has 1 saturated carbocycles. The van der Waals surface area contributed by atoms with Gasteiger partial charge in [-0.15, -0.1) is 0 Å². The molecular formula is C31H43N3O8. The van der Waals surface area contributed by atoms with Crippen molar-refractivity contribution in [3.8, 4) is 0 Å². The first-order valence-corrected chi connectivity index (χ1v) is 14.2. The Hall–Kier alpha value is -3.54. The van der Waals surface area contributed by atoms with Gasteiger partial charge in [-0.25, -0.2) is 4.79 Å². The van der Waals surface area contributed by atoms with Crippen LogP contribution >= 0.6 is 0 Å². The molecule has 11 nitrogen and oxygen atoms in total. The molecule has 0 saturated heterocycles. The topological polar surface area (TPSA) is 166 Å². The number of amides is 2. The minimum absolute atomic E-state index is 0.0929. The molecule has 2 aliphatic carbocycles. The summed E-state index contributed by atoms with van der Waals surface area (Å²) in [5.74, 6) is -1.94. The summed E-state index contributed by atoms with van der Waals surface area (Å²) in [7, 11) is 2.94. The van der Waals surface area contributed by atoms with E-state index in [-0.39, 0.29) is 41.1 Å². The van der Waals surface area contributed by atoms with E-state index in [9.17, 15) is 24.3 Å². The minimum Gasteiger partial charge on any atom is -0.439 e. The lowest BCUT2D eigenvalue weighted by Gasteiger charge is -2.30. The third-order valence-corrected chi connectivity index (χ3v) is 7.72. The summed E-state index contributed by atoms with van der Waals surface area (Å²) in [5.41, 5.74) is 6.69. The predicted molar refractivity (Wildman–Crippen MR) is 156 cm³/mol.